The van der Waals surface area contributed by atoms with E-state index in [1.54, 1.807) is 0 Å². The van der Waals surface area contributed by atoms with Gasteiger partial charge in [0.1, 0.15) is 5.66 Å². The molecule has 0 aromatic rings. The van der Waals surface area contributed by atoms with E-state index in [-0.39, 0.29) is 0 Å². The summed E-state index contributed by atoms with van der Waals surface area (Å²) >= 11 is 0. The van der Waals surface area contributed by atoms with E-state index in [9.17, 15) is 0 Å². The van der Waals surface area contributed by atoms with E-state index in [4.69, 9.17) is 11.5 Å². The first kappa shape index (κ1) is 10.1. The molecule has 6 N–H and O–H groups in total. The molecule has 88 valence electrons. The van der Waals surface area contributed by atoms with Gasteiger partial charge in [0.2, 0.25) is 0 Å². The van der Waals surface area contributed by atoms with Crippen molar-refractivity contribution in [1.29, 1.82) is 0 Å². The van der Waals surface area contributed by atoms with Gasteiger partial charge in [-0.05, 0) is 43.8 Å². The summed E-state index contributed by atoms with van der Waals surface area (Å²) in [6, 6.07) is 0. The third kappa shape index (κ3) is 1.51. The van der Waals surface area contributed by atoms with E-state index >= 15 is 0 Å². The number of nitrogens with one attached hydrogen (secondary N) is 2. The van der Waals surface area contributed by atoms with Crippen LogP contribution in [0.2, 0.25) is 0 Å². The first-order valence-corrected chi connectivity index (χ1v) is 5.96. The van der Waals surface area contributed by atoms with Crippen LogP contribution in [0.5, 0.6) is 0 Å². The van der Waals surface area contributed by atoms with Gasteiger partial charge in [-0.3, -0.25) is 0 Å². The van der Waals surface area contributed by atoms with Crippen molar-refractivity contribution in [3.8, 4) is 0 Å². The van der Waals surface area contributed by atoms with E-state index in [2.05, 4.69) is 15.6 Å². The van der Waals surface area contributed by atoms with Crippen LogP contribution in [0.15, 0.2) is 17.3 Å². The summed E-state index contributed by atoms with van der Waals surface area (Å²) in [5, 5.41) is 6.30. The Kier molecular flexibility index (Phi) is 2.19. The van der Waals surface area contributed by atoms with Crippen LogP contribution in [0.1, 0.15) is 12.8 Å². The zero-order valence-electron chi connectivity index (χ0n) is 9.32. The van der Waals surface area contributed by atoms with E-state index in [0.29, 0.717) is 11.9 Å². The molecule has 3 unspecified atom stereocenters. The second-order valence-corrected chi connectivity index (χ2v) is 5.21. The Morgan fingerprint density at radius 3 is 2.62 bits per heavy atom. The van der Waals surface area contributed by atoms with Gasteiger partial charge < -0.3 is 22.1 Å². The number of hydrogen-bond donors (Lipinski definition) is 4. The Morgan fingerprint density at radius 1 is 1.31 bits per heavy atom. The maximum absolute atomic E-state index is 6.34. The molecule has 1 saturated heterocycles. The van der Waals surface area contributed by atoms with Crippen molar-refractivity contribution in [2.75, 3.05) is 13.1 Å². The van der Waals surface area contributed by atoms with Gasteiger partial charge in [0.05, 0.1) is 0 Å². The van der Waals surface area contributed by atoms with Gasteiger partial charge in [0.15, 0.2) is 5.96 Å². The fourth-order valence-electron chi connectivity index (χ4n) is 3.31. The van der Waals surface area contributed by atoms with Crippen LogP contribution >= 0.6 is 0 Å². The molecule has 2 aliphatic heterocycles. The number of aliphatic imine (C=N–C) groups is 1. The maximum Gasteiger partial charge on any atom is 0.194 e. The minimum atomic E-state index is -0.584. The molecule has 0 radical (unpaired) electrons. The number of guanidine groups is 1. The summed E-state index contributed by atoms with van der Waals surface area (Å²) in [6.45, 7) is 2.27. The van der Waals surface area contributed by atoms with Crippen LogP contribution in [0.3, 0.4) is 0 Å². The second-order valence-electron chi connectivity index (χ2n) is 5.21. The second kappa shape index (κ2) is 3.46. The molecule has 0 bridgehead atoms. The highest BCUT2D eigenvalue weighted by atomic mass is 15.2. The molecule has 0 aromatic heterocycles. The van der Waals surface area contributed by atoms with E-state index in [1.165, 1.54) is 0 Å². The Labute approximate surface area is 95.4 Å². The van der Waals surface area contributed by atoms with Crippen molar-refractivity contribution >= 4 is 5.96 Å². The Balaban J connectivity index is 1.78. The topological polar surface area (TPSA) is 88.5 Å². The summed E-state index contributed by atoms with van der Waals surface area (Å²) in [6.07, 6.45) is 6.09. The normalized spacial score (nSPS) is 46.3. The molecule has 5 nitrogen and oxygen atoms in total. The maximum atomic E-state index is 6.34. The number of hydrogen-bond acceptors (Lipinski definition) is 5. The van der Waals surface area contributed by atoms with E-state index < -0.39 is 5.66 Å². The molecule has 0 aromatic carbocycles. The predicted molar refractivity (Wildman–Crippen MR) is 63.4 cm³/mol. The molecule has 16 heavy (non-hydrogen) atoms. The first-order chi connectivity index (χ1) is 7.67. The lowest BCUT2D eigenvalue weighted by atomic mass is 9.90. The minimum absolute atomic E-state index is 0.431. The molecule has 2 heterocycles. The van der Waals surface area contributed by atoms with Crippen LogP contribution in [0.4, 0.5) is 0 Å². The quantitative estimate of drug-likeness (QED) is 0.472. The highest BCUT2D eigenvalue weighted by Crippen LogP contribution is 2.43. The van der Waals surface area contributed by atoms with Crippen LogP contribution < -0.4 is 22.1 Å². The molecule has 3 rings (SSSR count). The van der Waals surface area contributed by atoms with E-state index in [1.807, 2.05) is 12.3 Å². The van der Waals surface area contributed by atoms with Crippen LogP contribution in [0.25, 0.3) is 0 Å². The van der Waals surface area contributed by atoms with Crippen molar-refractivity contribution < 1.29 is 0 Å². The summed E-state index contributed by atoms with van der Waals surface area (Å²) in [4.78, 5) is 4.38. The van der Waals surface area contributed by atoms with Gasteiger partial charge in [-0.2, -0.15) is 0 Å². The lowest BCUT2D eigenvalue weighted by molar-refractivity contribution is 0.327. The van der Waals surface area contributed by atoms with Gasteiger partial charge in [0.25, 0.3) is 0 Å². The average molecular weight is 221 g/mol. The highest BCUT2D eigenvalue weighted by Gasteiger charge is 2.45. The molecule has 1 saturated carbocycles. The van der Waals surface area contributed by atoms with Crippen molar-refractivity contribution in [3.05, 3.63) is 12.3 Å². The molecule has 0 spiro atoms. The van der Waals surface area contributed by atoms with Gasteiger partial charge in [-0.25, -0.2) is 4.99 Å². The molecule has 1 aliphatic carbocycles. The third-order valence-corrected chi connectivity index (χ3v) is 4.20. The number of rotatable bonds is 1. The molecule has 0 amide bonds. The fourth-order valence-corrected chi connectivity index (χ4v) is 3.31. The third-order valence-electron chi connectivity index (χ3n) is 4.20. The van der Waals surface area contributed by atoms with Crippen LogP contribution in [0, 0.1) is 17.8 Å². The van der Waals surface area contributed by atoms with Gasteiger partial charge in [-0.15, -0.1) is 0 Å². The smallest absolute Gasteiger partial charge is 0.194 e. The fraction of sp³-hybridized carbons (Fsp3) is 0.727. The van der Waals surface area contributed by atoms with Crippen molar-refractivity contribution in [2.45, 2.75) is 18.5 Å². The highest BCUT2D eigenvalue weighted by molar-refractivity contribution is 5.80. The first-order valence-electron chi connectivity index (χ1n) is 5.96. The van der Waals surface area contributed by atoms with Crippen LogP contribution in [-0.4, -0.2) is 24.7 Å². The lowest BCUT2D eigenvalue weighted by Crippen LogP contribution is -2.49. The average Bonchev–Trinajstić information content (AvgIpc) is 2.75. The lowest BCUT2D eigenvalue weighted by Gasteiger charge is -2.31. The standard InChI is InChI=1S/C11H19N5/c12-10-15-2-1-11(13,16-10)9-3-7-5-14-6-8(7)4-9/h1-2,7-9,14H,3-6,13H2,(H3,12,15,16). The van der Waals surface area contributed by atoms with Gasteiger partial charge >= 0.3 is 0 Å². The number of nitrogens with zero attached hydrogens (tertiary/aromatic N) is 1. The monoisotopic (exact) mass is 221 g/mol. The SMILES string of the molecule is NC1=NC(N)(C2CC3CNCC3C2)C=CN1. The van der Waals surface area contributed by atoms with Crippen molar-refractivity contribution in [2.24, 2.45) is 34.2 Å². The zero-order chi connectivity index (χ0) is 11.2. The number of nitrogens with two attached hydrogens (primary N) is 2. The molecule has 3 aliphatic rings. The Bertz CT molecular complexity index is 338. The van der Waals surface area contributed by atoms with Gasteiger partial charge in [0, 0.05) is 12.1 Å². The summed E-state index contributed by atoms with van der Waals surface area (Å²) in [5.74, 6) is 2.43. The molecular formula is C11H19N5. The largest absolute Gasteiger partial charge is 0.370 e. The Morgan fingerprint density at radius 2 is 2.00 bits per heavy atom. The summed E-state index contributed by atoms with van der Waals surface area (Å²) in [5.41, 5.74) is 11.4. The summed E-state index contributed by atoms with van der Waals surface area (Å²) in [7, 11) is 0. The molecule has 5 heteroatoms. The Hall–Kier alpha value is -1.07. The number of fused-ring (bicyclic) bond motifs is 1. The minimum Gasteiger partial charge on any atom is -0.370 e. The predicted octanol–water partition coefficient (Wildman–Crippen LogP) is -0.681. The van der Waals surface area contributed by atoms with Gasteiger partial charge in [-0.1, -0.05) is 0 Å². The van der Waals surface area contributed by atoms with Crippen LogP contribution in [-0.2, 0) is 0 Å². The molecule has 3 atom stereocenters. The van der Waals surface area contributed by atoms with Crippen molar-refractivity contribution in [1.82, 2.24) is 10.6 Å². The molecular weight excluding hydrogens is 202 g/mol. The van der Waals surface area contributed by atoms with Crippen molar-refractivity contribution in [3.63, 3.8) is 0 Å². The summed E-state index contributed by atoms with van der Waals surface area (Å²) < 4.78 is 0. The van der Waals surface area contributed by atoms with E-state index in [0.717, 1.165) is 37.8 Å². The molecule has 2 fully saturated rings. The zero-order valence-corrected chi connectivity index (χ0v) is 9.32.